The fourth-order valence-corrected chi connectivity index (χ4v) is 0. The minimum atomic E-state index is -2.33. The van der Waals surface area contributed by atoms with Gasteiger partial charge in [-0.2, -0.15) is 0 Å². The molecule has 6 heteroatoms. The Hall–Kier alpha value is 0.256. The van der Waals surface area contributed by atoms with Crippen molar-refractivity contribution >= 4 is 23.5 Å². The van der Waals surface area contributed by atoms with Crippen molar-refractivity contribution in [2.75, 3.05) is 0 Å². The van der Waals surface area contributed by atoms with E-state index in [4.69, 9.17) is 15.0 Å². The van der Waals surface area contributed by atoms with Crippen LogP contribution in [0.2, 0.25) is 0 Å². The Morgan fingerprint density at radius 1 is 1.29 bits per heavy atom. The van der Waals surface area contributed by atoms with Crippen molar-refractivity contribution in [2.45, 2.75) is 0 Å². The van der Waals surface area contributed by atoms with E-state index in [0.717, 1.165) is 0 Å². The van der Waals surface area contributed by atoms with Crippen LogP contribution in [-0.4, -0.2) is 29.0 Å². The van der Waals surface area contributed by atoms with Gasteiger partial charge >= 0.3 is 16.5 Å². The summed E-state index contributed by atoms with van der Waals surface area (Å²) in [5.41, 5.74) is 0. The van der Waals surface area contributed by atoms with E-state index in [1.54, 1.807) is 0 Å². The molecule has 0 fully saturated rings. The van der Waals surface area contributed by atoms with E-state index in [9.17, 15) is 0 Å². The Bertz CT molecular complexity index is 34.7. The van der Waals surface area contributed by atoms with Crippen LogP contribution in [0, 0.1) is 0 Å². The van der Waals surface area contributed by atoms with Crippen molar-refractivity contribution in [3.05, 3.63) is 0 Å². The molecular weight excluding hydrogens is 162 g/mol. The molecule has 0 aliphatic carbocycles. The summed E-state index contributed by atoms with van der Waals surface area (Å²) in [7, 11) is 0. The first-order chi connectivity index (χ1) is 1.73. The fraction of sp³-hybridized carbons (Fsp3) is 0. The number of rotatable bonds is 0. The van der Waals surface area contributed by atoms with E-state index in [-0.39, 0.29) is 39.3 Å². The van der Waals surface area contributed by atoms with E-state index >= 15 is 0 Å². The summed E-state index contributed by atoms with van der Waals surface area (Å²) >= 11 is 0. The van der Waals surface area contributed by atoms with Crippen LogP contribution < -0.4 is 10.2 Å². The second-order valence-corrected chi connectivity index (χ2v) is 0.250. The van der Waals surface area contributed by atoms with Crippen molar-refractivity contribution in [3.63, 3.8) is 0 Å². The maximum absolute atomic E-state index is 8.33. The molecule has 3 radical (unpaired) electrons. The van der Waals surface area contributed by atoms with Crippen molar-refractivity contribution in [1.29, 1.82) is 0 Å². The number of carbonyl (C=O) groups is 1. The molecule has 0 aromatic heterocycles. The quantitative estimate of drug-likeness (QED) is 0.355. The summed E-state index contributed by atoms with van der Waals surface area (Å²) in [5.74, 6) is 0. The van der Waals surface area contributed by atoms with Gasteiger partial charge in [0.1, 0.15) is 0 Å². The number of hydrogen-bond acceptors (Lipinski definition) is 4. The third-order valence-corrected chi connectivity index (χ3v) is 0. The molecule has 0 saturated carbocycles. The van der Waals surface area contributed by atoms with Crippen molar-refractivity contribution < 1.29 is 37.0 Å². The molecule has 1 N–H and O–H groups in total. The van der Waals surface area contributed by atoms with Crippen LogP contribution in [0.1, 0.15) is 0 Å². The molecule has 0 spiro atoms. The van der Waals surface area contributed by atoms with Gasteiger partial charge in [0.2, 0.25) is 0 Å². The Kier molecular flexibility index (Phi) is 62.4. The van der Waals surface area contributed by atoms with E-state index in [2.05, 4.69) is 0 Å². The number of hydrogen-bond donors (Lipinski definition) is 0. The Labute approximate surface area is 60.9 Å². The van der Waals surface area contributed by atoms with E-state index in [1.165, 1.54) is 0 Å². The van der Waals surface area contributed by atoms with Crippen molar-refractivity contribution in [2.24, 2.45) is 0 Å². The van der Waals surface area contributed by atoms with Crippen LogP contribution in [0.5, 0.6) is 0 Å². The SMILES string of the molecule is O=C([O-])[O-].[Al].[Ni+2].[OH-]. The summed E-state index contributed by atoms with van der Waals surface area (Å²) in [6.07, 6.45) is -2.33. The maximum atomic E-state index is 8.33. The second-order valence-electron chi connectivity index (χ2n) is 0.250. The predicted octanol–water partition coefficient (Wildman–Crippen LogP) is -3.01. The molecule has 0 heterocycles. The first-order valence-corrected chi connectivity index (χ1v) is 0.612. The van der Waals surface area contributed by atoms with Gasteiger partial charge in [0.15, 0.2) is 0 Å². The van der Waals surface area contributed by atoms with Gasteiger partial charge < -0.3 is 20.5 Å². The molecule has 0 unspecified atom stereocenters. The summed E-state index contributed by atoms with van der Waals surface area (Å²) in [6.45, 7) is 0. The summed E-state index contributed by atoms with van der Waals surface area (Å²) < 4.78 is 0. The maximum Gasteiger partial charge on any atom is 2.00 e. The Balaban J connectivity index is -0.0000000150. The number of carboxylic acid groups (broad SMARTS) is 2. The van der Waals surface area contributed by atoms with Crippen LogP contribution >= 0.6 is 0 Å². The molecule has 0 saturated heterocycles. The molecule has 0 atom stereocenters. The Morgan fingerprint density at radius 2 is 1.29 bits per heavy atom. The zero-order chi connectivity index (χ0) is 3.58. The molecule has 0 bridgehead atoms. The third-order valence-electron chi connectivity index (χ3n) is 0. The Morgan fingerprint density at radius 3 is 1.29 bits per heavy atom. The first-order valence-electron chi connectivity index (χ1n) is 0.612. The van der Waals surface area contributed by atoms with Gasteiger partial charge in [-0.15, -0.1) is 0 Å². The molecule has 4 nitrogen and oxygen atoms in total. The van der Waals surface area contributed by atoms with E-state index < -0.39 is 6.16 Å². The van der Waals surface area contributed by atoms with Gasteiger partial charge in [0, 0.05) is 17.4 Å². The van der Waals surface area contributed by atoms with Crippen molar-refractivity contribution in [3.8, 4) is 0 Å². The fourth-order valence-electron chi connectivity index (χ4n) is 0. The zero-order valence-electron chi connectivity index (χ0n) is 3.07. The molecule has 0 aliphatic heterocycles. The topological polar surface area (TPSA) is 93.2 Å². The average Bonchev–Trinajstić information content (AvgIpc) is 0.811. The van der Waals surface area contributed by atoms with Gasteiger partial charge in [-0.3, -0.25) is 0 Å². The zero-order valence-corrected chi connectivity index (χ0v) is 5.21. The molecule has 0 aromatic carbocycles. The second kappa shape index (κ2) is 16.3. The molecule has 7 heavy (non-hydrogen) atoms. The molecule has 0 aliphatic rings. The standard InChI is InChI=1S/CH2O3.Al.Ni.H2O/c2-1(3)4;;;/h(H2,2,3,4);;;1H2/q;;+2;/p-3. The van der Waals surface area contributed by atoms with Crippen LogP contribution in [0.25, 0.3) is 0 Å². The van der Waals surface area contributed by atoms with E-state index in [0.29, 0.717) is 0 Å². The van der Waals surface area contributed by atoms with Crippen LogP contribution in [-0.2, 0) is 16.5 Å². The van der Waals surface area contributed by atoms with Crippen LogP contribution in [0.4, 0.5) is 4.79 Å². The van der Waals surface area contributed by atoms with Crippen molar-refractivity contribution in [1.82, 2.24) is 0 Å². The van der Waals surface area contributed by atoms with Gasteiger partial charge in [-0.1, -0.05) is 0 Å². The molecular formula is CHAlNiO4-. The number of carbonyl (C=O) groups excluding carboxylic acids is 1. The summed E-state index contributed by atoms with van der Waals surface area (Å²) in [5, 5.41) is 16.7. The van der Waals surface area contributed by atoms with E-state index in [1.807, 2.05) is 0 Å². The van der Waals surface area contributed by atoms with Gasteiger partial charge in [-0.05, 0) is 6.16 Å². The first kappa shape index (κ1) is 26.8. The van der Waals surface area contributed by atoms with Crippen LogP contribution in [0.15, 0.2) is 0 Å². The summed E-state index contributed by atoms with van der Waals surface area (Å²) in [6, 6.07) is 0. The molecule has 0 amide bonds. The van der Waals surface area contributed by atoms with Crippen LogP contribution in [0.3, 0.4) is 0 Å². The normalized spacial score (nSPS) is 3.43. The smallest absolute Gasteiger partial charge is 0.870 e. The minimum Gasteiger partial charge on any atom is -0.870 e. The molecule has 0 rings (SSSR count). The van der Waals surface area contributed by atoms with Gasteiger partial charge in [0.05, 0.1) is 0 Å². The third kappa shape index (κ3) is 1730. The average molecular weight is 163 g/mol. The molecule has 43 valence electrons. The van der Waals surface area contributed by atoms with Gasteiger partial charge in [0.25, 0.3) is 0 Å². The minimum absolute atomic E-state index is 0. The predicted molar refractivity (Wildman–Crippen MR) is 13.1 cm³/mol. The summed E-state index contributed by atoms with van der Waals surface area (Å²) in [4.78, 5) is 8.33. The van der Waals surface area contributed by atoms with Gasteiger partial charge in [-0.25, -0.2) is 0 Å². The monoisotopic (exact) mass is 162 g/mol. The largest absolute Gasteiger partial charge is 2.00 e. The molecule has 0 aromatic rings.